The van der Waals surface area contributed by atoms with E-state index in [2.05, 4.69) is 50.3 Å². The van der Waals surface area contributed by atoms with E-state index in [-0.39, 0.29) is 25.6 Å². The predicted octanol–water partition coefficient (Wildman–Crippen LogP) is 15.5. The van der Waals surface area contributed by atoms with Crippen LogP contribution in [-0.2, 0) is 27.9 Å². The first kappa shape index (κ1) is 61.7. The highest BCUT2D eigenvalue weighted by Gasteiger charge is 2.26. The van der Waals surface area contributed by atoms with Crippen LogP contribution >= 0.6 is 7.82 Å². The molecule has 0 bridgehead atoms. The van der Waals surface area contributed by atoms with Crippen molar-refractivity contribution < 1.29 is 43.0 Å². The van der Waals surface area contributed by atoms with E-state index in [1.807, 2.05) is 0 Å². The van der Waals surface area contributed by atoms with Gasteiger partial charge in [0, 0.05) is 13.0 Å². The van der Waals surface area contributed by atoms with Crippen molar-refractivity contribution in [3.8, 4) is 0 Å². The number of phosphoric ester groups is 1. The van der Waals surface area contributed by atoms with E-state index in [4.69, 9.17) is 23.6 Å². The molecule has 10 heteroatoms. The maximum Gasteiger partial charge on any atom is 0.472 e. The van der Waals surface area contributed by atoms with Crippen molar-refractivity contribution in [3.05, 3.63) is 36.5 Å². The number of carbonyl (C=O) groups is 1. The monoisotopic (exact) mass is 913 g/mol. The zero-order valence-corrected chi connectivity index (χ0v) is 42.0. The van der Waals surface area contributed by atoms with Crippen LogP contribution in [0.5, 0.6) is 0 Å². The number of carbonyl (C=O) groups excluding carboxylic acids is 1. The second-order valence-electron chi connectivity index (χ2n) is 17.9. The summed E-state index contributed by atoms with van der Waals surface area (Å²) in [5.41, 5.74) is 0. The lowest BCUT2D eigenvalue weighted by atomic mass is 10.0. The Hall–Kier alpha value is -1.32. The zero-order valence-electron chi connectivity index (χ0n) is 41.1. The molecule has 3 atom stereocenters. The van der Waals surface area contributed by atoms with Crippen molar-refractivity contribution in [1.29, 1.82) is 0 Å². The van der Waals surface area contributed by atoms with Gasteiger partial charge in [-0.15, -0.1) is 0 Å². The molecule has 0 saturated heterocycles. The summed E-state index contributed by atoms with van der Waals surface area (Å²) in [6, 6.07) is 0. The van der Waals surface area contributed by atoms with Gasteiger partial charge in [-0.1, -0.05) is 230 Å². The smallest absolute Gasteiger partial charge is 0.457 e. The van der Waals surface area contributed by atoms with Crippen LogP contribution in [0.25, 0.3) is 0 Å². The Labute approximate surface area is 388 Å². The van der Waals surface area contributed by atoms with Crippen molar-refractivity contribution in [2.45, 2.75) is 264 Å². The first-order valence-electron chi connectivity index (χ1n) is 26.5. The fourth-order valence-electron chi connectivity index (χ4n) is 7.54. The molecule has 0 heterocycles. The van der Waals surface area contributed by atoms with E-state index < -0.39 is 33.2 Å². The Morgan fingerprint density at radius 2 is 0.857 bits per heavy atom. The summed E-state index contributed by atoms with van der Waals surface area (Å²) in [5.74, 6) is -0.380. The van der Waals surface area contributed by atoms with Gasteiger partial charge < -0.3 is 24.6 Å². The van der Waals surface area contributed by atoms with Crippen molar-refractivity contribution >= 4 is 13.8 Å². The fourth-order valence-corrected chi connectivity index (χ4v) is 8.33. The van der Waals surface area contributed by atoms with Gasteiger partial charge in [0.25, 0.3) is 0 Å². The van der Waals surface area contributed by atoms with E-state index >= 15 is 0 Å². The van der Waals surface area contributed by atoms with E-state index in [1.54, 1.807) is 0 Å². The molecule has 3 unspecified atom stereocenters. The molecule has 0 aromatic carbocycles. The molecule has 0 aromatic heterocycles. The Morgan fingerprint density at radius 1 is 0.492 bits per heavy atom. The summed E-state index contributed by atoms with van der Waals surface area (Å²) in [7, 11) is -4.52. The largest absolute Gasteiger partial charge is 0.472 e. The Bertz CT molecular complexity index is 1080. The second-order valence-corrected chi connectivity index (χ2v) is 19.4. The summed E-state index contributed by atoms with van der Waals surface area (Å²) < 4.78 is 33.6. The SMILES string of the molecule is CCCCCCC/C=C\C/C=C\C/C=C\CCCCCCCCCCCOCC(COP(=O)(O)OCC(O)CO)OC(=O)CCCCCCCCCCCCCCCCCCCC. The number of allylic oxidation sites excluding steroid dienone is 6. The molecule has 0 radical (unpaired) electrons. The van der Waals surface area contributed by atoms with Gasteiger partial charge in [-0.25, -0.2) is 4.57 Å². The van der Waals surface area contributed by atoms with E-state index in [0.29, 0.717) is 6.61 Å². The molecule has 0 fully saturated rings. The minimum Gasteiger partial charge on any atom is -0.457 e. The highest BCUT2D eigenvalue weighted by Crippen LogP contribution is 2.43. The average Bonchev–Trinajstić information content (AvgIpc) is 3.28. The topological polar surface area (TPSA) is 132 Å². The normalized spacial score (nSPS) is 14.0. The van der Waals surface area contributed by atoms with Crippen LogP contribution < -0.4 is 0 Å². The molecule has 372 valence electrons. The van der Waals surface area contributed by atoms with Crippen LogP contribution in [0.4, 0.5) is 0 Å². The van der Waals surface area contributed by atoms with Gasteiger partial charge in [0.05, 0.1) is 26.4 Å². The standard InChI is InChI=1S/C53H101O9P/c1-3-5-7-9-11-13-15-17-19-21-23-24-25-26-27-28-30-32-34-36-38-40-42-44-46-59-49-52(50-61-63(57,58)60-48-51(55)47-54)62-53(56)45-43-41-39-37-35-33-31-29-22-20-18-16-14-12-10-8-6-4-2/h15,17,21,23,25-26,51-52,54-55H,3-14,16,18-20,22,24,27-50H2,1-2H3,(H,57,58)/b17-15-,23-21-,26-25-. The first-order valence-corrected chi connectivity index (χ1v) is 28.0. The van der Waals surface area contributed by atoms with Crippen molar-refractivity contribution in [3.63, 3.8) is 0 Å². The third-order valence-corrected chi connectivity index (χ3v) is 12.5. The minimum absolute atomic E-state index is 0.0486. The van der Waals surface area contributed by atoms with Crippen molar-refractivity contribution in [2.24, 2.45) is 0 Å². The summed E-state index contributed by atoms with van der Waals surface area (Å²) >= 11 is 0. The van der Waals surface area contributed by atoms with E-state index in [1.165, 1.54) is 180 Å². The van der Waals surface area contributed by atoms with Gasteiger partial charge in [-0.05, 0) is 51.4 Å². The molecule has 9 nitrogen and oxygen atoms in total. The molecular weight excluding hydrogens is 812 g/mol. The summed E-state index contributed by atoms with van der Waals surface area (Å²) in [4.78, 5) is 22.7. The van der Waals surface area contributed by atoms with Crippen LogP contribution in [-0.4, -0.2) is 66.3 Å². The number of hydrogen-bond donors (Lipinski definition) is 3. The quantitative estimate of drug-likeness (QED) is 0.0236. The highest BCUT2D eigenvalue weighted by atomic mass is 31.2. The lowest BCUT2D eigenvalue weighted by Gasteiger charge is -2.20. The number of aliphatic hydroxyl groups is 2. The number of hydrogen-bond acceptors (Lipinski definition) is 8. The van der Waals surface area contributed by atoms with Crippen molar-refractivity contribution in [1.82, 2.24) is 0 Å². The zero-order chi connectivity index (χ0) is 46.0. The van der Waals surface area contributed by atoms with Crippen LogP contribution in [0.2, 0.25) is 0 Å². The lowest BCUT2D eigenvalue weighted by Crippen LogP contribution is -2.29. The molecule has 0 aliphatic heterocycles. The fraction of sp³-hybridized carbons (Fsp3) is 0.868. The number of unbranched alkanes of at least 4 members (excludes halogenated alkanes) is 31. The van der Waals surface area contributed by atoms with E-state index in [0.717, 1.165) is 51.4 Å². The lowest BCUT2D eigenvalue weighted by molar-refractivity contribution is -0.154. The summed E-state index contributed by atoms with van der Waals surface area (Å²) in [5, 5.41) is 18.4. The molecule has 0 saturated carbocycles. The Morgan fingerprint density at radius 3 is 1.29 bits per heavy atom. The van der Waals surface area contributed by atoms with Gasteiger partial charge >= 0.3 is 13.8 Å². The number of ether oxygens (including phenoxy) is 2. The molecule has 63 heavy (non-hydrogen) atoms. The number of rotatable bonds is 51. The number of esters is 1. The van der Waals surface area contributed by atoms with E-state index in [9.17, 15) is 19.4 Å². The van der Waals surface area contributed by atoms with Crippen LogP contribution in [0.3, 0.4) is 0 Å². The van der Waals surface area contributed by atoms with Crippen LogP contribution in [0, 0.1) is 0 Å². The first-order chi connectivity index (χ1) is 30.8. The molecule has 0 amide bonds. The average molecular weight is 913 g/mol. The van der Waals surface area contributed by atoms with Gasteiger partial charge in [0.15, 0.2) is 0 Å². The maximum absolute atomic E-state index is 12.7. The molecule has 0 aliphatic carbocycles. The predicted molar refractivity (Wildman–Crippen MR) is 265 cm³/mol. The van der Waals surface area contributed by atoms with Gasteiger partial charge in [-0.3, -0.25) is 13.8 Å². The Kier molecular flexibility index (Phi) is 49.1. The number of phosphoric acid groups is 1. The Balaban J connectivity index is 4.05. The minimum atomic E-state index is -4.52. The molecule has 0 rings (SSSR count). The summed E-state index contributed by atoms with van der Waals surface area (Å²) in [6.45, 7) is 3.54. The van der Waals surface area contributed by atoms with Gasteiger partial charge in [0.2, 0.25) is 0 Å². The van der Waals surface area contributed by atoms with Crippen LogP contribution in [0.1, 0.15) is 251 Å². The molecule has 0 aliphatic rings. The van der Waals surface area contributed by atoms with Crippen LogP contribution in [0.15, 0.2) is 36.5 Å². The maximum atomic E-state index is 12.7. The second kappa shape index (κ2) is 50.1. The highest BCUT2D eigenvalue weighted by molar-refractivity contribution is 7.47. The molecule has 0 aromatic rings. The summed E-state index contributed by atoms with van der Waals surface area (Å²) in [6.07, 6.45) is 56.8. The molecule has 0 spiro atoms. The van der Waals surface area contributed by atoms with Gasteiger partial charge in [-0.2, -0.15) is 0 Å². The van der Waals surface area contributed by atoms with Crippen molar-refractivity contribution in [2.75, 3.05) is 33.0 Å². The molecule has 3 N–H and O–H groups in total. The molecular formula is C53H101O9P. The third-order valence-electron chi connectivity index (χ3n) is 11.6. The van der Waals surface area contributed by atoms with Gasteiger partial charge in [0.1, 0.15) is 12.2 Å². The third kappa shape index (κ3) is 49.9. The number of aliphatic hydroxyl groups excluding tert-OH is 2.